The molecule has 0 unspecified atom stereocenters. The van der Waals surface area contributed by atoms with E-state index in [2.05, 4.69) is 0 Å². The van der Waals surface area contributed by atoms with Gasteiger partial charge in [-0.1, -0.05) is 24.3 Å². The number of methoxy groups -OCH3 is 4. The van der Waals surface area contributed by atoms with Crippen molar-refractivity contribution in [1.29, 1.82) is 0 Å². The molecule has 3 aromatic rings. The molecule has 0 aromatic heterocycles. The average molecular weight is 406 g/mol. The summed E-state index contributed by atoms with van der Waals surface area (Å²) in [5.41, 5.74) is 3.16. The van der Waals surface area contributed by atoms with Gasteiger partial charge in [-0.05, 0) is 58.7 Å². The van der Waals surface area contributed by atoms with Crippen molar-refractivity contribution in [3.63, 3.8) is 0 Å². The van der Waals surface area contributed by atoms with E-state index in [0.29, 0.717) is 17.1 Å². The molecule has 6 nitrogen and oxygen atoms in total. The molecular weight excluding hydrogens is 384 g/mol. The van der Waals surface area contributed by atoms with Crippen LogP contribution in [0.3, 0.4) is 0 Å². The van der Waals surface area contributed by atoms with Gasteiger partial charge in [-0.2, -0.15) is 0 Å². The topological polar surface area (TPSA) is 71.1 Å². The zero-order chi connectivity index (χ0) is 21.7. The summed E-state index contributed by atoms with van der Waals surface area (Å²) in [6, 6.07) is 18.1. The number of carbonyl (C=O) groups is 2. The van der Waals surface area contributed by atoms with E-state index in [1.807, 2.05) is 42.5 Å². The van der Waals surface area contributed by atoms with Crippen molar-refractivity contribution in [3.05, 3.63) is 71.8 Å². The van der Waals surface area contributed by atoms with Crippen LogP contribution in [0.1, 0.15) is 20.7 Å². The summed E-state index contributed by atoms with van der Waals surface area (Å²) in [5.74, 6) is 0.148. The monoisotopic (exact) mass is 406 g/mol. The van der Waals surface area contributed by atoms with Gasteiger partial charge in [0.25, 0.3) is 0 Å². The summed E-state index contributed by atoms with van der Waals surface area (Å²) >= 11 is 0. The van der Waals surface area contributed by atoms with Crippen molar-refractivity contribution in [2.45, 2.75) is 0 Å². The Labute approximate surface area is 175 Å². The van der Waals surface area contributed by atoms with Crippen LogP contribution in [0.4, 0.5) is 0 Å². The fourth-order valence-electron chi connectivity index (χ4n) is 3.18. The summed E-state index contributed by atoms with van der Waals surface area (Å²) < 4.78 is 20.3. The summed E-state index contributed by atoms with van der Waals surface area (Å²) in [6.07, 6.45) is 0. The summed E-state index contributed by atoms with van der Waals surface area (Å²) in [5, 5.41) is 0. The predicted molar refractivity (Wildman–Crippen MR) is 113 cm³/mol. The summed E-state index contributed by atoms with van der Waals surface area (Å²) in [7, 11) is 5.72. The van der Waals surface area contributed by atoms with Gasteiger partial charge in [0.2, 0.25) is 0 Å². The molecule has 0 aliphatic carbocycles. The molecule has 0 atom stereocenters. The maximum atomic E-state index is 12.6. The van der Waals surface area contributed by atoms with Gasteiger partial charge >= 0.3 is 11.9 Å². The van der Waals surface area contributed by atoms with Gasteiger partial charge in [-0.25, -0.2) is 9.59 Å². The van der Waals surface area contributed by atoms with Crippen LogP contribution < -0.4 is 9.47 Å². The molecule has 0 aliphatic heterocycles. The van der Waals surface area contributed by atoms with Crippen molar-refractivity contribution in [2.24, 2.45) is 0 Å². The fraction of sp³-hybridized carbons (Fsp3) is 0.167. The molecule has 30 heavy (non-hydrogen) atoms. The Morgan fingerprint density at radius 3 is 1.57 bits per heavy atom. The third-order valence-corrected chi connectivity index (χ3v) is 4.76. The standard InChI is InChI=1S/C24H22O6/c1-27-18-9-5-15(6-10-18)17-13-20(16-7-11-19(28-2)12-8-16)22(24(26)30-4)21(14-17)23(25)29-3/h5-14H,1-4H3. The van der Waals surface area contributed by atoms with Crippen LogP contribution in [-0.4, -0.2) is 40.4 Å². The van der Waals surface area contributed by atoms with Crippen LogP contribution in [0.15, 0.2) is 60.7 Å². The first kappa shape index (κ1) is 20.9. The van der Waals surface area contributed by atoms with E-state index in [-0.39, 0.29) is 11.1 Å². The Morgan fingerprint density at radius 1 is 0.600 bits per heavy atom. The second-order valence-corrected chi connectivity index (χ2v) is 6.39. The Balaban J connectivity index is 2.29. The predicted octanol–water partition coefficient (Wildman–Crippen LogP) is 4.61. The molecule has 0 radical (unpaired) electrons. The van der Waals surface area contributed by atoms with E-state index >= 15 is 0 Å². The highest BCUT2D eigenvalue weighted by molar-refractivity contribution is 6.09. The normalized spacial score (nSPS) is 10.3. The van der Waals surface area contributed by atoms with Crippen molar-refractivity contribution in [1.82, 2.24) is 0 Å². The van der Waals surface area contributed by atoms with Crippen LogP contribution >= 0.6 is 0 Å². The van der Waals surface area contributed by atoms with Crippen LogP contribution in [0.5, 0.6) is 11.5 Å². The minimum Gasteiger partial charge on any atom is -0.497 e. The molecule has 6 heteroatoms. The highest BCUT2D eigenvalue weighted by Crippen LogP contribution is 2.34. The molecule has 0 amide bonds. The van der Waals surface area contributed by atoms with E-state index in [1.54, 1.807) is 32.4 Å². The Morgan fingerprint density at radius 2 is 1.10 bits per heavy atom. The highest BCUT2D eigenvalue weighted by Gasteiger charge is 2.25. The number of benzene rings is 3. The molecule has 3 aromatic carbocycles. The molecule has 0 saturated carbocycles. The van der Waals surface area contributed by atoms with Gasteiger partial charge in [-0.3, -0.25) is 0 Å². The molecule has 0 saturated heterocycles. The number of ether oxygens (including phenoxy) is 4. The van der Waals surface area contributed by atoms with Gasteiger partial charge < -0.3 is 18.9 Å². The Hall–Kier alpha value is -3.80. The second-order valence-electron chi connectivity index (χ2n) is 6.39. The lowest BCUT2D eigenvalue weighted by Gasteiger charge is -2.16. The molecule has 0 heterocycles. The smallest absolute Gasteiger partial charge is 0.339 e. The third kappa shape index (κ3) is 4.12. The van der Waals surface area contributed by atoms with E-state index in [4.69, 9.17) is 18.9 Å². The lowest BCUT2D eigenvalue weighted by molar-refractivity contribution is 0.0556. The first-order valence-electron chi connectivity index (χ1n) is 9.16. The number of rotatable bonds is 6. The maximum absolute atomic E-state index is 12.6. The molecule has 3 rings (SSSR count). The second kappa shape index (κ2) is 9.13. The zero-order valence-electron chi connectivity index (χ0n) is 17.2. The molecule has 154 valence electrons. The largest absolute Gasteiger partial charge is 0.497 e. The van der Waals surface area contributed by atoms with Crippen LogP contribution in [0, 0.1) is 0 Å². The molecule has 0 fully saturated rings. The molecule has 0 aliphatic rings. The zero-order valence-corrected chi connectivity index (χ0v) is 17.2. The average Bonchev–Trinajstić information content (AvgIpc) is 2.82. The number of hydrogen-bond donors (Lipinski definition) is 0. The first-order chi connectivity index (χ1) is 14.5. The Kier molecular flexibility index (Phi) is 6.37. The van der Waals surface area contributed by atoms with E-state index < -0.39 is 11.9 Å². The number of hydrogen-bond acceptors (Lipinski definition) is 6. The minimum absolute atomic E-state index is 0.128. The number of esters is 2. The van der Waals surface area contributed by atoms with Gasteiger partial charge in [-0.15, -0.1) is 0 Å². The molecular formula is C24H22O6. The minimum atomic E-state index is -0.625. The van der Waals surface area contributed by atoms with Crippen LogP contribution in [0.2, 0.25) is 0 Å². The Bertz CT molecular complexity index is 1050. The number of carbonyl (C=O) groups excluding carboxylic acids is 2. The summed E-state index contributed by atoms with van der Waals surface area (Å²) in [6.45, 7) is 0. The van der Waals surface area contributed by atoms with Gasteiger partial charge in [0.05, 0.1) is 39.6 Å². The van der Waals surface area contributed by atoms with Crippen molar-refractivity contribution in [3.8, 4) is 33.8 Å². The molecule has 0 N–H and O–H groups in total. The van der Waals surface area contributed by atoms with Crippen molar-refractivity contribution >= 4 is 11.9 Å². The van der Waals surface area contributed by atoms with Gasteiger partial charge in [0.15, 0.2) is 0 Å². The van der Waals surface area contributed by atoms with Crippen LogP contribution in [0.25, 0.3) is 22.3 Å². The maximum Gasteiger partial charge on any atom is 0.339 e. The van der Waals surface area contributed by atoms with E-state index in [0.717, 1.165) is 16.7 Å². The lowest BCUT2D eigenvalue weighted by Crippen LogP contribution is -2.14. The third-order valence-electron chi connectivity index (χ3n) is 4.76. The summed E-state index contributed by atoms with van der Waals surface area (Å²) in [4.78, 5) is 25.2. The fourth-order valence-corrected chi connectivity index (χ4v) is 3.18. The lowest BCUT2D eigenvalue weighted by atomic mass is 9.90. The molecule has 0 spiro atoms. The van der Waals surface area contributed by atoms with Crippen LogP contribution in [-0.2, 0) is 9.47 Å². The van der Waals surface area contributed by atoms with Gasteiger partial charge in [0, 0.05) is 0 Å². The quantitative estimate of drug-likeness (QED) is 0.557. The molecule has 0 bridgehead atoms. The van der Waals surface area contributed by atoms with E-state index in [9.17, 15) is 9.59 Å². The first-order valence-corrected chi connectivity index (χ1v) is 9.16. The van der Waals surface area contributed by atoms with Crippen molar-refractivity contribution in [2.75, 3.05) is 28.4 Å². The van der Waals surface area contributed by atoms with Gasteiger partial charge in [0.1, 0.15) is 11.5 Å². The van der Waals surface area contributed by atoms with E-state index in [1.165, 1.54) is 14.2 Å². The highest BCUT2D eigenvalue weighted by atomic mass is 16.5. The van der Waals surface area contributed by atoms with Crippen molar-refractivity contribution < 1.29 is 28.5 Å². The SMILES string of the molecule is COC(=O)c1cc(-c2ccc(OC)cc2)cc(-c2ccc(OC)cc2)c1C(=O)OC.